The number of nitrogens with one attached hydrogen (secondary N) is 1. The van der Waals surface area contributed by atoms with Crippen molar-refractivity contribution in [3.63, 3.8) is 0 Å². The monoisotopic (exact) mass is 257 g/mol. The molecule has 1 aliphatic heterocycles. The second kappa shape index (κ2) is 8.21. The van der Waals surface area contributed by atoms with E-state index in [4.69, 9.17) is 9.47 Å². The van der Waals surface area contributed by atoms with E-state index in [1.54, 1.807) is 6.92 Å². The van der Waals surface area contributed by atoms with E-state index in [2.05, 4.69) is 5.32 Å². The van der Waals surface area contributed by atoms with Crippen LogP contribution in [0.5, 0.6) is 0 Å². The average Bonchev–Trinajstić information content (AvgIpc) is 2.37. The molecule has 0 amide bonds. The van der Waals surface area contributed by atoms with Gasteiger partial charge in [0.15, 0.2) is 5.78 Å². The number of rotatable bonds is 7. The lowest BCUT2D eigenvalue weighted by Gasteiger charge is -2.25. The highest BCUT2D eigenvalue weighted by molar-refractivity contribution is 5.99. The van der Waals surface area contributed by atoms with Crippen molar-refractivity contribution in [2.24, 2.45) is 11.8 Å². The predicted octanol–water partition coefficient (Wildman–Crippen LogP) is 0.771. The van der Waals surface area contributed by atoms with Crippen molar-refractivity contribution in [2.75, 3.05) is 33.4 Å². The molecule has 0 bridgehead atoms. The van der Waals surface area contributed by atoms with Crippen molar-refractivity contribution in [1.82, 2.24) is 5.32 Å². The van der Waals surface area contributed by atoms with Gasteiger partial charge in [-0.3, -0.25) is 9.59 Å². The molecule has 1 atom stereocenters. The molecule has 1 N–H and O–H groups in total. The highest BCUT2D eigenvalue weighted by atomic mass is 16.5. The molecule has 0 aliphatic carbocycles. The Morgan fingerprint density at radius 3 is 2.56 bits per heavy atom. The number of piperidine rings is 1. The Bertz CT molecular complexity index is 256. The van der Waals surface area contributed by atoms with Crippen LogP contribution < -0.4 is 5.32 Å². The molecular formula is C13H23NO4. The van der Waals surface area contributed by atoms with Gasteiger partial charge in [0.1, 0.15) is 12.5 Å². The molecule has 1 unspecified atom stereocenters. The Morgan fingerprint density at radius 1 is 1.33 bits per heavy atom. The fourth-order valence-corrected chi connectivity index (χ4v) is 2.30. The first-order valence-corrected chi connectivity index (χ1v) is 6.58. The summed E-state index contributed by atoms with van der Waals surface area (Å²) in [4.78, 5) is 23.7. The zero-order valence-electron chi connectivity index (χ0n) is 11.2. The number of esters is 1. The zero-order valence-corrected chi connectivity index (χ0v) is 11.2. The predicted molar refractivity (Wildman–Crippen MR) is 67.2 cm³/mol. The van der Waals surface area contributed by atoms with Gasteiger partial charge >= 0.3 is 5.97 Å². The van der Waals surface area contributed by atoms with Gasteiger partial charge in [0.25, 0.3) is 0 Å². The minimum absolute atomic E-state index is 0.0194. The Morgan fingerprint density at radius 2 is 2.00 bits per heavy atom. The summed E-state index contributed by atoms with van der Waals surface area (Å²) in [5.74, 6) is -0.818. The molecule has 1 saturated heterocycles. The van der Waals surface area contributed by atoms with E-state index in [9.17, 15) is 9.59 Å². The summed E-state index contributed by atoms with van der Waals surface area (Å²) in [6.07, 6.45) is 2.61. The molecule has 104 valence electrons. The minimum Gasteiger partial charge on any atom is -0.465 e. The highest BCUT2D eigenvalue weighted by Gasteiger charge is 2.31. The van der Waals surface area contributed by atoms with Crippen LogP contribution in [0.3, 0.4) is 0 Å². The molecule has 0 aromatic carbocycles. The molecule has 0 saturated carbocycles. The van der Waals surface area contributed by atoms with Gasteiger partial charge in [-0.2, -0.15) is 0 Å². The molecule has 18 heavy (non-hydrogen) atoms. The summed E-state index contributed by atoms with van der Waals surface area (Å²) in [5.41, 5.74) is 0. The Kier molecular flexibility index (Phi) is 6.90. The first kappa shape index (κ1) is 15.1. The van der Waals surface area contributed by atoms with Crippen molar-refractivity contribution < 1.29 is 19.1 Å². The molecule has 5 heteroatoms. The van der Waals surface area contributed by atoms with Crippen molar-refractivity contribution in [1.29, 1.82) is 0 Å². The van der Waals surface area contributed by atoms with Gasteiger partial charge in [-0.05, 0) is 45.2 Å². The molecule has 0 spiro atoms. The van der Waals surface area contributed by atoms with Gasteiger partial charge in [0.05, 0.1) is 6.61 Å². The van der Waals surface area contributed by atoms with E-state index in [0.717, 1.165) is 25.9 Å². The Hall–Kier alpha value is -0.940. The highest BCUT2D eigenvalue weighted by Crippen LogP contribution is 2.23. The van der Waals surface area contributed by atoms with Crippen LogP contribution >= 0.6 is 0 Å². The number of ether oxygens (including phenoxy) is 2. The van der Waals surface area contributed by atoms with Crippen LogP contribution in [-0.2, 0) is 19.1 Å². The molecule has 0 aromatic heterocycles. The van der Waals surface area contributed by atoms with Gasteiger partial charge in [-0.15, -0.1) is 0 Å². The number of Topliss-reactive ketones (excluding diaryl/α,β-unsaturated/α-hetero) is 1. The van der Waals surface area contributed by atoms with Crippen LogP contribution in [0, 0.1) is 11.8 Å². The van der Waals surface area contributed by atoms with E-state index in [1.807, 2.05) is 0 Å². The van der Waals surface area contributed by atoms with Crippen LogP contribution in [0.25, 0.3) is 0 Å². The second-order valence-corrected chi connectivity index (χ2v) is 4.63. The lowest BCUT2D eigenvalue weighted by molar-refractivity contribution is -0.153. The third-order valence-corrected chi connectivity index (χ3v) is 3.27. The summed E-state index contributed by atoms with van der Waals surface area (Å²) in [7, 11) is 1.46. The maximum atomic E-state index is 11.9. The van der Waals surface area contributed by atoms with E-state index >= 15 is 0 Å². The SMILES string of the molecule is CCOC(=O)C(CC1CCNCC1)C(=O)COC. The molecule has 1 heterocycles. The molecule has 1 rings (SSSR count). The summed E-state index contributed by atoms with van der Waals surface area (Å²) in [6.45, 7) is 3.95. The Labute approximate surface area is 108 Å². The molecule has 1 fully saturated rings. The fraction of sp³-hybridized carbons (Fsp3) is 0.846. The van der Waals surface area contributed by atoms with E-state index in [1.165, 1.54) is 7.11 Å². The van der Waals surface area contributed by atoms with Gasteiger partial charge in [0.2, 0.25) is 0 Å². The number of carbonyl (C=O) groups excluding carboxylic acids is 2. The molecule has 1 aliphatic rings. The lowest BCUT2D eigenvalue weighted by atomic mass is 9.86. The summed E-state index contributed by atoms with van der Waals surface area (Å²) in [6, 6.07) is 0. The van der Waals surface area contributed by atoms with E-state index < -0.39 is 11.9 Å². The number of methoxy groups -OCH3 is 1. The van der Waals surface area contributed by atoms with Crippen LogP contribution in [0.15, 0.2) is 0 Å². The van der Waals surface area contributed by atoms with Crippen LogP contribution in [-0.4, -0.2) is 45.2 Å². The largest absolute Gasteiger partial charge is 0.465 e. The quantitative estimate of drug-likeness (QED) is 0.539. The van der Waals surface area contributed by atoms with Crippen LogP contribution in [0.2, 0.25) is 0 Å². The Balaban J connectivity index is 2.57. The average molecular weight is 257 g/mol. The summed E-state index contributed by atoms with van der Waals surface area (Å²) in [5, 5.41) is 3.27. The fourth-order valence-electron chi connectivity index (χ4n) is 2.30. The third kappa shape index (κ3) is 4.74. The van der Waals surface area contributed by atoms with Gasteiger partial charge < -0.3 is 14.8 Å². The second-order valence-electron chi connectivity index (χ2n) is 4.63. The number of hydrogen-bond acceptors (Lipinski definition) is 5. The smallest absolute Gasteiger partial charge is 0.316 e. The maximum absolute atomic E-state index is 11.9. The maximum Gasteiger partial charge on any atom is 0.316 e. The lowest BCUT2D eigenvalue weighted by Crippen LogP contribution is -2.34. The summed E-state index contributed by atoms with van der Waals surface area (Å²) < 4.78 is 9.81. The normalized spacial score (nSPS) is 18.3. The van der Waals surface area contributed by atoms with Crippen LogP contribution in [0.4, 0.5) is 0 Å². The first-order chi connectivity index (χ1) is 8.69. The number of carbonyl (C=O) groups is 2. The molecule has 0 radical (unpaired) electrons. The number of hydrogen-bond donors (Lipinski definition) is 1. The van der Waals surface area contributed by atoms with Gasteiger partial charge in [0, 0.05) is 7.11 Å². The molecule has 5 nitrogen and oxygen atoms in total. The van der Waals surface area contributed by atoms with Crippen LogP contribution in [0.1, 0.15) is 26.2 Å². The molecule has 0 aromatic rings. The standard InChI is InChI=1S/C13H23NO4/c1-3-18-13(16)11(12(15)9-17-2)8-10-4-6-14-7-5-10/h10-11,14H,3-9H2,1-2H3. The minimum atomic E-state index is -0.659. The van der Waals surface area contributed by atoms with E-state index in [-0.39, 0.29) is 12.4 Å². The van der Waals surface area contributed by atoms with Gasteiger partial charge in [-0.1, -0.05) is 0 Å². The molecular weight excluding hydrogens is 234 g/mol. The van der Waals surface area contributed by atoms with Crippen molar-refractivity contribution in [3.8, 4) is 0 Å². The van der Waals surface area contributed by atoms with Crippen molar-refractivity contribution in [3.05, 3.63) is 0 Å². The zero-order chi connectivity index (χ0) is 13.4. The van der Waals surface area contributed by atoms with Crippen molar-refractivity contribution >= 4 is 11.8 Å². The van der Waals surface area contributed by atoms with Gasteiger partial charge in [-0.25, -0.2) is 0 Å². The van der Waals surface area contributed by atoms with E-state index in [0.29, 0.717) is 18.9 Å². The first-order valence-electron chi connectivity index (χ1n) is 6.58. The topological polar surface area (TPSA) is 64.6 Å². The summed E-state index contributed by atoms with van der Waals surface area (Å²) >= 11 is 0. The third-order valence-electron chi connectivity index (χ3n) is 3.27. The van der Waals surface area contributed by atoms with Crippen molar-refractivity contribution in [2.45, 2.75) is 26.2 Å². The number of ketones is 1.